The summed E-state index contributed by atoms with van der Waals surface area (Å²) in [5.41, 5.74) is 2.52. The van der Waals surface area contributed by atoms with Gasteiger partial charge in [0.25, 0.3) is 0 Å². The maximum atomic E-state index is 11.3. The number of nitrogens with zero attached hydrogens (tertiary/aromatic N) is 3. The van der Waals surface area contributed by atoms with Crippen LogP contribution < -0.4 is 16.0 Å². The normalized spacial score (nSPS) is 16.7. The zero-order chi connectivity index (χ0) is 16.9. The average molecular weight is 328 g/mol. The first-order valence-corrected chi connectivity index (χ1v) is 7.86. The van der Waals surface area contributed by atoms with E-state index in [4.69, 9.17) is 0 Å². The van der Waals surface area contributed by atoms with Gasteiger partial charge < -0.3 is 16.0 Å². The smallest absolute Gasteiger partial charge is 0.239 e. The lowest BCUT2D eigenvalue weighted by Crippen LogP contribution is -2.26. The topological polar surface area (TPSA) is 101 Å². The highest BCUT2D eigenvalue weighted by Gasteiger charge is 2.22. The summed E-state index contributed by atoms with van der Waals surface area (Å²) in [4.78, 5) is 22.6. The zero-order valence-corrected chi connectivity index (χ0v) is 13.5. The lowest BCUT2D eigenvalue weighted by molar-refractivity contribution is -0.120. The van der Waals surface area contributed by atoms with E-state index >= 15 is 0 Å². The first-order valence-electron chi connectivity index (χ1n) is 7.86. The molecule has 0 spiro atoms. The van der Waals surface area contributed by atoms with Gasteiger partial charge >= 0.3 is 0 Å². The number of anilines is 1. The summed E-state index contributed by atoms with van der Waals surface area (Å²) in [6.07, 6.45) is 2.41. The third-order valence-corrected chi connectivity index (χ3v) is 3.94. The van der Waals surface area contributed by atoms with Crippen molar-refractivity contribution in [2.24, 2.45) is 5.92 Å². The minimum Gasteiger partial charge on any atom is -0.376 e. The van der Waals surface area contributed by atoms with Crippen molar-refractivity contribution in [1.29, 1.82) is 0 Å². The summed E-state index contributed by atoms with van der Waals surface area (Å²) in [7, 11) is 1.60. The Morgan fingerprint density at radius 3 is 3.08 bits per heavy atom. The minimum atomic E-state index is -0.0777. The largest absolute Gasteiger partial charge is 0.376 e. The molecular weight excluding hydrogens is 308 g/mol. The minimum absolute atomic E-state index is 0.0777. The van der Waals surface area contributed by atoms with Crippen molar-refractivity contribution in [3.8, 4) is 11.3 Å². The number of hydrogen-bond acceptors (Lipinski definition) is 5. The van der Waals surface area contributed by atoms with Crippen LogP contribution in [0.4, 0.5) is 5.69 Å². The zero-order valence-electron chi connectivity index (χ0n) is 13.5. The summed E-state index contributed by atoms with van der Waals surface area (Å²) in [6.45, 7) is 1.57. The molecule has 0 saturated carbocycles. The van der Waals surface area contributed by atoms with Crippen LogP contribution in [0, 0.1) is 5.92 Å². The molecule has 0 bridgehead atoms. The fourth-order valence-corrected chi connectivity index (χ4v) is 2.64. The molecule has 1 aliphatic rings. The van der Waals surface area contributed by atoms with E-state index in [9.17, 15) is 9.59 Å². The molecule has 1 fully saturated rings. The van der Waals surface area contributed by atoms with Gasteiger partial charge in [0.1, 0.15) is 5.69 Å². The summed E-state index contributed by atoms with van der Waals surface area (Å²) in [6, 6.07) is 7.67. The number of nitrogens with one attached hydrogen (secondary N) is 3. The first kappa shape index (κ1) is 16.0. The molecule has 24 heavy (non-hydrogen) atoms. The summed E-state index contributed by atoms with van der Waals surface area (Å²) < 4.78 is 1.77. The van der Waals surface area contributed by atoms with Crippen molar-refractivity contribution in [2.45, 2.75) is 13.0 Å². The fourth-order valence-electron chi connectivity index (χ4n) is 2.64. The van der Waals surface area contributed by atoms with Crippen LogP contribution in [0.5, 0.6) is 0 Å². The number of rotatable bonds is 6. The Kier molecular flexibility index (Phi) is 4.74. The molecular formula is C16H20N6O2. The van der Waals surface area contributed by atoms with Crippen LogP contribution in [-0.2, 0) is 16.1 Å². The van der Waals surface area contributed by atoms with Crippen LogP contribution in [0.3, 0.4) is 0 Å². The summed E-state index contributed by atoms with van der Waals surface area (Å²) in [5, 5.41) is 16.8. The van der Waals surface area contributed by atoms with E-state index in [0.717, 1.165) is 16.9 Å². The standard InChI is InChI=1S/C16H20N6O2/c1-17-16(24)8-18-13-4-2-3-12(6-13)14-10-22(21-20-14)9-11-5-15(23)19-7-11/h2-4,6,10-11,18H,5,7-9H2,1H3,(H,17,24)(H,19,23). The van der Waals surface area contributed by atoms with Gasteiger partial charge in [-0.05, 0) is 12.1 Å². The van der Waals surface area contributed by atoms with E-state index in [1.807, 2.05) is 30.5 Å². The second-order valence-electron chi connectivity index (χ2n) is 5.81. The molecule has 1 atom stereocenters. The van der Waals surface area contributed by atoms with Crippen molar-refractivity contribution in [2.75, 3.05) is 25.5 Å². The molecule has 8 nitrogen and oxygen atoms in total. The van der Waals surface area contributed by atoms with Gasteiger partial charge in [0, 0.05) is 43.7 Å². The SMILES string of the molecule is CNC(=O)CNc1cccc(-c2cn(CC3CNC(=O)C3)nn2)c1. The number of aromatic nitrogens is 3. The predicted octanol–water partition coefficient (Wildman–Crippen LogP) is 0.239. The van der Waals surface area contributed by atoms with Crippen LogP contribution in [0.25, 0.3) is 11.3 Å². The molecule has 1 saturated heterocycles. The second kappa shape index (κ2) is 7.12. The summed E-state index contributed by atoms with van der Waals surface area (Å²) >= 11 is 0. The van der Waals surface area contributed by atoms with Gasteiger partial charge in [-0.25, -0.2) is 0 Å². The molecule has 2 amide bonds. The highest BCUT2D eigenvalue weighted by molar-refractivity contribution is 5.80. The van der Waals surface area contributed by atoms with Crippen LogP contribution >= 0.6 is 0 Å². The molecule has 3 N–H and O–H groups in total. The Morgan fingerprint density at radius 1 is 1.46 bits per heavy atom. The van der Waals surface area contributed by atoms with Crippen molar-refractivity contribution in [3.63, 3.8) is 0 Å². The maximum absolute atomic E-state index is 11.3. The Hall–Kier alpha value is -2.90. The van der Waals surface area contributed by atoms with Gasteiger partial charge in [-0.3, -0.25) is 14.3 Å². The van der Waals surface area contributed by atoms with Gasteiger partial charge in [-0.15, -0.1) is 5.10 Å². The lowest BCUT2D eigenvalue weighted by Gasteiger charge is -2.07. The highest BCUT2D eigenvalue weighted by Crippen LogP contribution is 2.21. The molecule has 2 heterocycles. The van der Waals surface area contributed by atoms with E-state index in [1.54, 1.807) is 11.7 Å². The molecule has 0 radical (unpaired) electrons. The molecule has 1 aromatic carbocycles. The van der Waals surface area contributed by atoms with Crippen LogP contribution in [0.2, 0.25) is 0 Å². The lowest BCUT2D eigenvalue weighted by atomic mass is 10.1. The van der Waals surface area contributed by atoms with Crippen LogP contribution in [0.15, 0.2) is 30.5 Å². The van der Waals surface area contributed by atoms with E-state index < -0.39 is 0 Å². The van der Waals surface area contributed by atoms with Gasteiger partial charge in [0.2, 0.25) is 11.8 Å². The van der Waals surface area contributed by atoms with Crippen LogP contribution in [-0.4, -0.2) is 46.9 Å². The Labute approximate surface area is 139 Å². The molecule has 1 unspecified atom stereocenters. The molecule has 0 aliphatic carbocycles. The first-order chi connectivity index (χ1) is 11.6. The number of amides is 2. The van der Waals surface area contributed by atoms with Crippen molar-refractivity contribution >= 4 is 17.5 Å². The number of carbonyl (C=O) groups excluding carboxylic acids is 2. The summed E-state index contributed by atoms with van der Waals surface area (Å²) in [5.74, 6) is 0.272. The Bertz CT molecular complexity index is 742. The molecule has 1 aliphatic heterocycles. The number of hydrogen-bond donors (Lipinski definition) is 3. The average Bonchev–Trinajstić information content (AvgIpc) is 3.22. The monoisotopic (exact) mass is 328 g/mol. The van der Waals surface area contributed by atoms with Gasteiger partial charge in [-0.2, -0.15) is 0 Å². The Morgan fingerprint density at radius 2 is 2.33 bits per heavy atom. The molecule has 1 aromatic heterocycles. The molecule has 2 aromatic rings. The second-order valence-corrected chi connectivity index (χ2v) is 5.81. The maximum Gasteiger partial charge on any atom is 0.239 e. The quantitative estimate of drug-likeness (QED) is 0.705. The van der Waals surface area contributed by atoms with E-state index in [2.05, 4.69) is 26.3 Å². The number of carbonyl (C=O) groups is 2. The van der Waals surface area contributed by atoms with Gasteiger partial charge in [-0.1, -0.05) is 17.3 Å². The number of likely N-dealkylation sites (N-methyl/N-ethyl adjacent to an activating group) is 1. The molecule has 126 valence electrons. The highest BCUT2D eigenvalue weighted by atomic mass is 16.2. The molecule has 3 rings (SSSR count). The number of benzene rings is 1. The van der Waals surface area contributed by atoms with Crippen molar-refractivity contribution < 1.29 is 9.59 Å². The van der Waals surface area contributed by atoms with Gasteiger partial charge in [0.15, 0.2) is 0 Å². The van der Waals surface area contributed by atoms with E-state index in [1.165, 1.54) is 0 Å². The van der Waals surface area contributed by atoms with Gasteiger partial charge in [0.05, 0.1) is 12.7 Å². The van der Waals surface area contributed by atoms with Crippen molar-refractivity contribution in [1.82, 2.24) is 25.6 Å². The molecule has 8 heteroatoms. The fraction of sp³-hybridized carbons (Fsp3) is 0.375. The van der Waals surface area contributed by atoms with E-state index in [0.29, 0.717) is 19.5 Å². The third-order valence-electron chi connectivity index (χ3n) is 3.94. The predicted molar refractivity (Wildman–Crippen MR) is 89.1 cm³/mol. The van der Waals surface area contributed by atoms with E-state index in [-0.39, 0.29) is 24.3 Å². The Balaban J connectivity index is 1.66. The van der Waals surface area contributed by atoms with Crippen LogP contribution in [0.1, 0.15) is 6.42 Å². The van der Waals surface area contributed by atoms with Crippen molar-refractivity contribution in [3.05, 3.63) is 30.5 Å². The third kappa shape index (κ3) is 3.89.